The van der Waals surface area contributed by atoms with Crippen molar-refractivity contribution in [3.05, 3.63) is 24.3 Å². The number of aliphatic hydroxyl groups is 4. The van der Waals surface area contributed by atoms with Crippen molar-refractivity contribution in [2.75, 3.05) is 39.4 Å². The molecule has 8 nitrogen and oxygen atoms in total. The zero-order valence-corrected chi connectivity index (χ0v) is 36.8. The molecule has 2 unspecified atom stereocenters. The van der Waals surface area contributed by atoms with Gasteiger partial charge < -0.3 is 30.2 Å². The Hall–Kier alpha value is -1.74. The van der Waals surface area contributed by atoms with Gasteiger partial charge in [0.2, 0.25) is 11.8 Å². The summed E-state index contributed by atoms with van der Waals surface area (Å²) in [6, 6.07) is 0. The molecule has 0 aromatic carbocycles. The minimum atomic E-state index is -0.938. The van der Waals surface area contributed by atoms with E-state index in [1.165, 1.54) is 116 Å². The third-order valence-corrected chi connectivity index (χ3v) is 10.9. The number of hydrogen-bond donors (Lipinski definition) is 4. The maximum Gasteiger partial charge on any atom is 0.222 e. The molecule has 8 heteroatoms. The Morgan fingerprint density at radius 1 is 0.411 bits per heavy atom. The summed E-state index contributed by atoms with van der Waals surface area (Å²) in [5.41, 5.74) is 0. The van der Waals surface area contributed by atoms with Crippen LogP contribution in [0.25, 0.3) is 0 Å². The van der Waals surface area contributed by atoms with E-state index in [9.17, 15) is 30.0 Å². The fourth-order valence-corrected chi connectivity index (χ4v) is 7.23. The molecule has 4 N–H and O–H groups in total. The van der Waals surface area contributed by atoms with Crippen LogP contribution < -0.4 is 0 Å². The van der Waals surface area contributed by atoms with Crippen molar-refractivity contribution >= 4 is 11.8 Å². The van der Waals surface area contributed by atoms with Gasteiger partial charge in [-0.05, 0) is 77.0 Å². The van der Waals surface area contributed by atoms with E-state index in [2.05, 4.69) is 38.2 Å². The first-order valence-corrected chi connectivity index (χ1v) is 23.8. The van der Waals surface area contributed by atoms with Crippen LogP contribution in [-0.2, 0) is 9.59 Å². The van der Waals surface area contributed by atoms with Gasteiger partial charge in [-0.25, -0.2) is 0 Å². The number of unbranched alkanes of at least 4 members (excludes halogenated alkanes) is 25. The highest BCUT2D eigenvalue weighted by molar-refractivity contribution is 5.76. The predicted octanol–water partition coefficient (Wildman–Crippen LogP) is 11.0. The Balaban J connectivity index is 4.25. The highest BCUT2D eigenvalue weighted by atomic mass is 16.3. The Morgan fingerprint density at radius 2 is 0.679 bits per heavy atom. The van der Waals surface area contributed by atoms with E-state index in [1.54, 1.807) is 9.80 Å². The Kier molecular flexibility index (Phi) is 41.5. The van der Waals surface area contributed by atoms with Gasteiger partial charge in [-0.15, -0.1) is 0 Å². The summed E-state index contributed by atoms with van der Waals surface area (Å²) in [7, 11) is 0. The second-order valence-corrected chi connectivity index (χ2v) is 16.4. The number of carbonyl (C=O) groups is 2. The number of allylic oxidation sites excluding steroid dienone is 4. The van der Waals surface area contributed by atoms with Gasteiger partial charge in [0.1, 0.15) is 0 Å². The lowest BCUT2D eigenvalue weighted by Crippen LogP contribution is -2.39. The van der Waals surface area contributed by atoms with Gasteiger partial charge in [0.25, 0.3) is 0 Å². The average Bonchev–Trinajstić information content (AvgIpc) is 3.20. The molecule has 0 aliphatic carbocycles. The Morgan fingerprint density at radius 3 is 0.982 bits per heavy atom. The molecule has 0 aliphatic rings. The maximum atomic E-state index is 13.0. The highest BCUT2D eigenvalue weighted by Gasteiger charge is 2.18. The summed E-state index contributed by atoms with van der Waals surface area (Å²) in [4.78, 5) is 29.5. The van der Waals surface area contributed by atoms with Crippen molar-refractivity contribution < 1.29 is 30.0 Å². The fourth-order valence-electron chi connectivity index (χ4n) is 7.23. The molecule has 0 heterocycles. The fraction of sp³-hybridized carbons (Fsp3) is 0.875. The predicted molar refractivity (Wildman–Crippen MR) is 237 cm³/mol. The normalized spacial score (nSPS) is 12.9. The maximum absolute atomic E-state index is 13.0. The molecular weight excluding hydrogens is 701 g/mol. The lowest BCUT2D eigenvalue weighted by atomic mass is 10.1. The largest absolute Gasteiger partial charge is 0.394 e. The minimum absolute atomic E-state index is 0.0422. The van der Waals surface area contributed by atoms with Gasteiger partial charge in [0, 0.05) is 39.0 Å². The van der Waals surface area contributed by atoms with Crippen LogP contribution in [0.4, 0.5) is 0 Å². The highest BCUT2D eigenvalue weighted by Crippen LogP contribution is 2.14. The van der Waals surface area contributed by atoms with Gasteiger partial charge in [0.05, 0.1) is 25.4 Å². The van der Waals surface area contributed by atoms with Crippen molar-refractivity contribution in [3.63, 3.8) is 0 Å². The standard InChI is InChI=1S/C48H92N2O6/c1-3-5-7-9-11-13-15-17-19-21-23-25-27-29-33-37-47(55)49(41-45(53)43-51)39-35-31-32-36-40-50(42-46(54)44-52)48(56)38-34-30-28-26-24-22-20-18-16-14-12-10-8-6-4-2/h17-20,45-46,51-54H,3-16,21-44H2,1-2H3/b19-17-,20-18-. The lowest BCUT2D eigenvalue weighted by molar-refractivity contribution is -0.134. The van der Waals surface area contributed by atoms with Crippen molar-refractivity contribution in [1.82, 2.24) is 9.80 Å². The smallest absolute Gasteiger partial charge is 0.222 e. The second kappa shape index (κ2) is 42.9. The van der Waals surface area contributed by atoms with Crippen molar-refractivity contribution in [2.24, 2.45) is 0 Å². The summed E-state index contributed by atoms with van der Waals surface area (Å²) >= 11 is 0. The molecule has 2 amide bonds. The molecule has 0 radical (unpaired) electrons. The number of rotatable bonds is 43. The monoisotopic (exact) mass is 793 g/mol. The Bertz CT molecular complexity index is 840. The molecular formula is C48H92N2O6. The molecule has 0 spiro atoms. The van der Waals surface area contributed by atoms with Crippen LogP contribution >= 0.6 is 0 Å². The summed E-state index contributed by atoms with van der Waals surface area (Å²) in [6.45, 7) is 5.18. The quantitative estimate of drug-likeness (QED) is 0.0360. The van der Waals surface area contributed by atoms with Gasteiger partial charge in [-0.3, -0.25) is 9.59 Å². The van der Waals surface area contributed by atoms with E-state index in [4.69, 9.17) is 0 Å². The van der Waals surface area contributed by atoms with Crippen LogP contribution in [-0.4, -0.2) is 93.6 Å². The van der Waals surface area contributed by atoms with Crippen LogP contribution in [0.15, 0.2) is 24.3 Å². The third kappa shape index (κ3) is 36.6. The summed E-state index contributed by atoms with van der Waals surface area (Å²) in [5, 5.41) is 39.0. The molecule has 0 aliphatic heterocycles. The zero-order valence-electron chi connectivity index (χ0n) is 36.8. The number of nitrogens with zero attached hydrogens (tertiary/aromatic N) is 2. The first-order valence-electron chi connectivity index (χ1n) is 23.8. The van der Waals surface area contributed by atoms with Crippen LogP contribution in [0.1, 0.15) is 219 Å². The number of carbonyl (C=O) groups excluding carboxylic acids is 2. The van der Waals surface area contributed by atoms with Gasteiger partial charge in [0.15, 0.2) is 0 Å². The molecule has 2 atom stereocenters. The van der Waals surface area contributed by atoms with E-state index in [0.717, 1.165) is 77.0 Å². The molecule has 0 bridgehead atoms. The molecule has 0 rings (SSSR count). The summed E-state index contributed by atoms with van der Waals surface area (Å²) in [5.74, 6) is 0.0843. The molecule has 0 fully saturated rings. The molecule has 0 aromatic heterocycles. The first kappa shape index (κ1) is 54.3. The van der Waals surface area contributed by atoms with E-state index in [0.29, 0.717) is 25.9 Å². The van der Waals surface area contributed by atoms with Crippen molar-refractivity contribution in [2.45, 2.75) is 232 Å². The molecule has 0 aromatic rings. The second-order valence-electron chi connectivity index (χ2n) is 16.4. The van der Waals surface area contributed by atoms with Gasteiger partial charge in [-0.1, -0.05) is 154 Å². The van der Waals surface area contributed by atoms with Crippen LogP contribution in [0, 0.1) is 0 Å². The lowest BCUT2D eigenvalue weighted by Gasteiger charge is -2.26. The molecule has 0 saturated heterocycles. The van der Waals surface area contributed by atoms with Crippen LogP contribution in [0.5, 0.6) is 0 Å². The van der Waals surface area contributed by atoms with Gasteiger partial charge in [-0.2, -0.15) is 0 Å². The van der Waals surface area contributed by atoms with Crippen molar-refractivity contribution in [3.8, 4) is 0 Å². The van der Waals surface area contributed by atoms with E-state index >= 15 is 0 Å². The average molecular weight is 793 g/mol. The van der Waals surface area contributed by atoms with E-state index in [1.807, 2.05) is 0 Å². The summed E-state index contributed by atoms with van der Waals surface area (Å²) in [6.07, 6.45) is 43.3. The number of hydrogen-bond acceptors (Lipinski definition) is 6. The summed E-state index contributed by atoms with van der Waals surface area (Å²) < 4.78 is 0. The van der Waals surface area contributed by atoms with Crippen LogP contribution in [0.3, 0.4) is 0 Å². The third-order valence-electron chi connectivity index (χ3n) is 10.9. The SMILES string of the molecule is CCCCCCCC/C=C\CCCCCCCC(=O)N(CCCCCCN(CC(O)CO)C(=O)CCCCCCC/C=C\CCCCCCCC)CC(O)CO. The van der Waals surface area contributed by atoms with Crippen molar-refractivity contribution in [1.29, 1.82) is 0 Å². The van der Waals surface area contributed by atoms with Crippen LogP contribution in [0.2, 0.25) is 0 Å². The molecule has 0 saturated carbocycles. The topological polar surface area (TPSA) is 122 Å². The van der Waals surface area contributed by atoms with E-state index < -0.39 is 12.2 Å². The Labute approximate surface area is 346 Å². The minimum Gasteiger partial charge on any atom is -0.394 e. The first-order chi connectivity index (χ1) is 27.4. The molecule has 56 heavy (non-hydrogen) atoms. The molecule has 330 valence electrons. The number of amides is 2. The van der Waals surface area contributed by atoms with E-state index in [-0.39, 0.29) is 38.1 Å². The zero-order chi connectivity index (χ0) is 41.2. The van der Waals surface area contributed by atoms with Gasteiger partial charge >= 0.3 is 0 Å². The number of aliphatic hydroxyl groups excluding tert-OH is 4.